The van der Waals surface area contributed by atoms with Gasteiger partial charge in [-0.25, -0.2) is 9.97 Å². The van der Waals surface area contributed by atoms with Crippen molar-refractivity contribution in [3.8, 4) is 11.5 Å². The number of likely N-dealkylation sites (N-methyl/N-ethyl adjacent to an activating group) is 1. The number of hydrogen-bond donors (Lipinski definition) is 3. The van der Waals surface area contributed by atoms with Crippen LogP contribution in [0.2, 0.25) is 0 Å². The minimum absolute atomic E-state index is 0.0284. The number of nitrogens with one attached hydrogen (secondary N) is 2. The lowest BCUT2D eigenvalue weighted by Crippen LogP contribution is -2.45. The van der Waals surface area contributed by atoms with E-state index >= 15 is 0 Å². The second kappa shape index (κ2) is 13.9. The molecular formula is C35H40N8O2. The Morgan fingerprint density at radius 1 is 0.911 bits per heavy atom. The Balaban J connectivity index is 1.09. The van der Waals surface area contributed by atoms with Gasteiger partial charge in [-0.05, 0) is 74.0 Å². The molecule has 232 valence electrons. The highest BCUT2D eigenvalue weighted by Crippen LogP contribution is 2.27. The number of piperazine rings is 1. The molecule has 2 saturated heterocycles. The van der Waals surface area contributed by atoms with Crippen molar-refractivity contribution in [2.45, 2.75) is 25.4 Å². The molecule has 1 atom stereocenters. The van der Waals surface area contributed by atoms with Gasteiger partial charge in [-0.15, -0.1) is 0 Å². The third kappa shape index (κ3) is 7.47. The van der Waals surface area contributed by atoms with Crippen LogP contribution >= 0.6 is 0 Å². The summed E-state index contributed by atoms with van der Waals surface area (Å²) in [6.45, 7) is 6.44. The maximum atomic E-state index is 13.5. The van der Waals surface area contributed by atoms with Crippen LogP contribution in [0.25, 0.3) is 0 Å². The molecule has 3 aromatic carbocycles. The number of para-hydroxylation sites is 1. The van der Waals surface area contributed by atoms with Crippen LogP contribution in [0, 0.1) is 5.41 Å². The van der Waals surface area contributed by atoms with Crippen LogP contribution in [0.1, 0.15) is 39.9 Å². The number of piperidine rings is 1. The SMILES string of the molecule is CN1CCN(Cc2ccc(C(=O)N3CCCC(Nc4ncnc(N)c4C(=N)c4ccc(Oc5ccccc5)cc4)C3)cc2)CC1. The molecule has 2 aliphatic heterocycles. The van der Waals surface area contributed by atoms with Gasteiger partial charge in [0.25, 0.3) is 5.91 Å². The normalized spacial score (nSPS) is 17.5. The number of hydrogen-bond acceptors (Lipinski definition) is 9. The van der Waals surface area contributed by atoms with E-state index in [1.165, 1.54) is 11.9 Å². The molecule has 0 aliphatic carbocycles. The molecule has 0 radical (unpaired) electrons. The summed E-state index contributed by atoms with van der Waals surface area (Å²) in [4.78, 5) is 28.8. The smallest absolute Gasteiger partial charge is 0.253 e. The largest absolute Gasteiger partial charge is 0.457 e. The highest BCUT2D eigenvalue weighted by Gasteiger charge is 2.27. The van der Waals surface area contributed by atoms with Crippen molar-refractivity contribution in [1.82, 2.24) is 24.7 Å². The van der Waals surface area contributed by atoms with E-state index in [4.69, 9.17) is 15.9 Å². The Morgan fingerprint density at radius 3 is 2.33 bits per heavy atom. The van der Waals surface area contributed by atoms with E-state index in [1.54, 1.807) is 0 Å². The lowest BCUT2D eigenvalue weighted by atomic mass is 10.0. The number of rotatable bonds is 9. The summed E-state index contributed by atoms with van der Waals surface area (Å²) in [6, 6.07) is 24.9. The predicted octanol–water partition coefficient (Wildman–Crippen LogP) is 4.73. The second-order valence-corrected chi connectivity index (χ2v) is 11.8. The van der Waals surface area contributed by atoms with E-state index in [2.05, 4.69) is 44.3 Å². The number of anilines is 2. The van der Waals surface area contributed by atoms with Crippen LogP contribution in [0.4, 0.5) is 11.6 Å². The summed E-state index contributed by atoms with van der Waals surface area (Å²) in [5.74, 6) is 2.16. The summed E-state index contributed by atoms with van der Waals surface area (Å²) < 4.78 is 5.90. The molecule has 45 heavy (non-hydrogen) atoms. The highest BCUT2D eigenvalue weighted by atomic mass is 16.5. The van der Waals surface area contributed by atoms with Gasteiger partial charge in [0.05, 0.1) is 11.3 Å². The number of aromatic nitrogens is 2. The third-order valence-electron chi connectivity index (χ3n) is 8.50. The first-order valence-corrected chi connectivity index (χ1v) is 15.5. The number of amides is 1. The van der Waals surface area contributed by atoms with Crippen molar-refractivity contribution in [1.29, 1.82) is 5.41 Å². The van der Waals surface area contributed by atoms with E-state index in [9.17, 15) is 4.79 Å². The highest BCUT2D eigenvalue weighted by molar-refractivity contribution is 6.16. The number of ether oxygens (including phenoxy) is 1. The van der Waals surface area contributed by atoms with Crippen LogP contribution < -0.4 is 15.8 Å². The van der Waals surface area contributed by atoms with Crippen LogP contribution in [0.5, 0.6) is 11.5 Å². The fourth-order valence-corrected chi connectivity index (χ4v) is 5.89. The molecule has 0 spiro atoms. The topological polar surface area (TPSA) is 124 Å². The first kappa shape index (κ1) is 30.2. The van der Waals surface area contributed by atoms with E-state index in [0.29, 0.717) is 41.3 Å². The molecule has 4 aromatic rings. The van der Waals surface area contributed by atoms with Gasteiger partial charge < -0.3 is 25.6 Å². The van der Waals surface area contributed by atoms with Gasteiger partial charge in [0.1, 0.15) is 29.5 Å². The summed E-state index contributed by atoms with van der Waals surface area (Å²) in [6.07, 6.45) is 3.14. The number of carbonyl (C=O) groups excluding carboxylic acids is 1. The Labute approximate surface area is 264 Å². The van der Waals surface area contributed by atoms with Crippen LogP contribution in [-0.2, 0) is 6.54 Å². The first-order valence-electron chi connectivity index (χ1n) is 15.5. The molecule has 3 heterocycles. The number of likely N-dealkylation sites (tertiary alicyclic amines) is 1. The zero-order chi connectivity index (χ0) is 31.2. The molecule has 10 heteroatoms. The average molecular weight is 605 g/mol. The molecule has 0 saturated carbocycles. The minimum Gasteiger partial charge on any atom is -0.457 e. The van der Waals surface area contributed by atoms with E-state index in [0.717, 1.165) is 51.3 Å². The summed E-state index contributed by atoms with van der Waals surface area (Å²) in [5.41, 5.74) is 9.54. The number of carbonyl (C=O) groups is 1. The molecular weight excluding hydrogens is 564 g/mol. The van der Waals surface area contributed by atoms with E-state index in [-0.39, 0.29) is 23.5 Å². The monoisotopic (exact) mass is 604 g/mol. The van der Waals surface area contributed by atoms with Crippen molar-refractivity contribution in [3.63, 3.8) is 0 Å². The summed E-state index contributed by atoms with van der Waals surface area (Å²) >= 11 is 0. The number of nitrogens with two attached hydrogens (primary N) is 1. The average Bonchev–Trinajstić information content (AvgIpc) is 3.07. The Bertz CT molecular complexity index is 1600. The van der Waals surface area contributed by atoms with Gasteiger partial charge in [-0.2, -0.15) is 0 Å². The standard InChI is InChI=1S/C35H40N8O2/c1-41-18-20-42(21-19-41)22-25-9-11-27(12-10-25)35(44)43-17-5-6-28(23-43)40-34-31(33(37)38-24-39-34)32(36)26-13-15-30(16-14-26)45-29-7-3-2-4-8-29/h2-4,7-16,24,28,36H,5-6,17-23H2,1H3,(H3,37,38,39,40). The summed E-state index contributed by atoms with van der Waals surface area (Å²) in [7, 11) is 2.16. The molecule has 1 aromatic heterocycles. The fourth-order valence-electron chi connectivity index (χ4n) is 5.89. The minimum atomic E-state index is -0.0401. The molecule has 2 fully saturated rings. The van der Waals surface area contributed by atoms with Gasteiger partial charge in [0.2, 0.25) is 0 Å². The van der Waals surface area contributed by atoms with Crippen molar-refractivity contribution >= 4 is 23.3 Å². The zero-order valence-corrected chi connectivity index (χ0v) is 25.7. The second-order valence-electron chi connectivity index (χ2n) is 11.8. The maximum absolute atomic E-state index is 13.5. The number of nitrogen functional groups attached to an aromatic ring is 1. The van der Waals surface area contributed by atoms with E-state index in [1.807, 2.05) is 71.6 Å². The van der Waals surface area contributed by atoms with Gasteiger partial charge in [-0.3, -0.25) is 15.1 Å². The van der Waals surface area contributed by atoms with Crippen LogP contribution in [0.15, 0.2) is 85.2 Å². The van der Waals surface area contributed by atoms with Crippen LogP contribution in [0.3, 0.4) is 0 Å². The molecule has 2 aliphatic rings. The van der Waals surface area contributed by atoms with Gasteiger partial charge >= 0.3 is 0 Å². The Kier molecular flexibility index (Phi) is 9.33. The lowest BCUT2D eigenvalue weighted by Gasteiger charge is -2.34. The fraction of sp³-hybridized carbons (Fsp3) is 0.314. The van der Waals surface area contributed by atoms with Crippen molar-refractivity contribution in [2.75, 3.05) is 57.4 Å². The zero-order valence-electron chi connectivity index (χ0n) is 25.7. The molecule has 1 amide bonds. The quantitative estimate of drug-likeness (QED) is 0.234. The maximum Gasteiger partial charge on any atom is 0.253 e. The van der Waals surface area contributed by atoms with Crippen molar-refractivity contribution in [2.24, 2.45) is 0 Å². The van der Waals surface area contributed by atoms with Crippen molar-refractivity contribution in [3.05, 3.63) is 107 Å². The first-order chi connectivity index (χ1) is 21.9. The predicted molar refractivity (Wildman–Crippen MR) is 177 cm³/mol. The molecule has 1 unspecified atom stereocenters. The Morgan fingerprint density at radius 2 is 1.60 bits per heavy atom. The van der Waals surface area contributed by atoms with Gasteiger partial charge in [0, 0.05) is 63.0 Å². The molecule has 0 bridgehead atoms. The molecule has 10 nitrogen and oxygen atoms in total. The molecule has 4 N–H and O–H groups in total. The third-order valence-corrected chi connectivity index (χ3v) is 8.50. The van der Waals surface area contributed by atoms with Crippen LogP contribution in [-0.4, -0.2) is 88.6 Å². The van der Waals surface area contributed by atoms with Crippen molar-refractivity contribution < 1.29 is 9.53 Å². The summed E-state index contributed by atoms with van der Waals surface area (Å²) in [5, 5.41) is 12.5. The number of nitrogens with zero attached hydrogens (tertiary/aromatic N) is 5. The van der Waals surface area contributed by atoms with Gasteiger partial charge in [0.15, 0.2) is 0 Å². The Hall–Kier alpha value is -4.80. The van der Waals surface area contributed by atoms with E-state index < -0.39 is 0 Å². The van der Waals surface area contributed by atoms with Gasteiger partial charge in [-0.1, -0.05) is 30.3 Å². The molecule has 6 rings (SSSR count). The lowest BCUT2D eigenvalue weighted by molar-refractivity contribution is 0.0714. The number of benzene rings is 3.